The molecule has 134 valence electrons. The predicted octanol–water partition coefficient (Wildman–Crippen LogP) is 4.05. The second-order valence-corrected chi connectivity index (χ2v) is 8.45. The molecule has 0 radical (unpaired) electrons. The van der Waals surface area contributed by atoms with Gasteiger partial charge >= 0.3 is 0 Å². The van der Waals surface area contributed by atoms with Gasteiger partial charge in [-0.2, -0.15) is 4.31 Å². The van der Waals surface area contributed by atoms with Crippen molar-refractivity contribution < 1.29 is 13.2 Å². The zero-order valence-electron chi connectivity index (χ0n) is 13.2. The third-order valence-electron chi connectivity index (χ3n) is 3.32. The average molecular weight is 422 g/mol. The van der Waals surface area contributed by atoms with Crippen molar-refractivity contribution in [3.05, 3.63) is 63.1 Å². The van der Waals surface area contributed by atoms with Crippen molar-refractivity contribution in [1.82, 2.24) is 4.31 Å². The maximum Gasteiger partial charge on any atom is 0.239 e. The van der Waals surface area contributed by atoms with E-state index in [2.05, 4.69) is 5.32 Å². The van der Waals surface area contributed by atoms with Gasteiger partial charge in [0.15, 0.2) is 0 Å². The van der Waals surface area contributed by atoms with Gasteiger partial charge in [-0.25, -0.2) is 8.42 Å². The molecule has 2 aromatic carbocycles. The molecule has 0 aliphatic heterocycles. The van der Waals surface area contributed by atoms with Gasteiger partial charge in [-0.1, -0.05) is 59.1 Å². The smallest absolute Gasteiger partial charge is 0.239 e. The SMILES string of the molecule is CS(=O)(=O)N(CC(=O)Nc1cccc(Cl)c1Cl)Cc1ccccc1Cl. The average Bonchev–Trinajstić information content (AvgIpc) is 2.52. The molecule has 2 rings (SSSR count). The van der Waals surface area contributed by atoms with Crippen LogP contribution in [0.1, 0.15) is 5.56 Å². The fraction of sp³-hybridized carbons (Fsp3) is 0.188. The van der Waals surface area contributed by atoms with Gasteiger partial charge in [0.1, 0.15) is 0 Å². The minimum Gasteiger partial charge on any atom is -0.324 e. The highest BCUT2D eigenvalue weighted by atomic mass is 35.5. The van der Waals surface area contributed by atoms with Crippen LogP contribution in [0.5, 0.6) is 0 Å². The fourth-order valence-corrected chi connectivity index (χ4v) is 3.33. The van der Waals surface area contributed by atoms with Crippen LogP contribution in [-0.2, 0) is 21.4 Å². The van der Waals surface area contributed by atoms with E-state index in [9.17, 15) is 13.2 Å². The van der Waals surface area contributed by atoms with Crippen LogP contribution in [0.2, 0.25) is 15.1 Å². The molecule has 0 bridgehead atoms. The first-order valence-corrected chi connectivity index (χ1v) is 10.1. The molecule has 0 heterocycles. The van der Waals surface area contributed by atoms with Crippen LogP contribution in [-0.4, -0.2) is 31.4 Å². The van der Waals surface area contributed by atoms with Crippen molar-refractivity contribution in [3.8, 4) is 0 Å². The summed E-state index contributed by atoms with van der Waals surface area (Å²) in [7, 11) is -3.63. The van der Waals surface area contributed by atoms with Crippen molar-refractivity contribution in [3.63, 3.8) is 0 Å². The molecule has 0 aliphatic rings. The molecule has 0 fully saturated rings. The van der Waals surface area contributed by atoms with Crippen molar-refractivity contribution in [2.45, 2.75) is 6.54 Å². The van der Waals surface area contributed by atoms with Crippen LogP contribution in [0, 0.1) is 0 Å². The highest BCUT2D eigenvalue weighted by Gasteiger charge is 2.22. The van der Waals surface area contributed by atoms with E-state index in [-0.39, 0.29) is 23.1 Å². The van der Waals surface area contributed by atoms with Crippen molar-refractivity contribution in [2.24, 2.45) is 0 Å². The lowest BCUT2D eigenvalue weighted by molar-refractivity contribution is -0.116. The number of nitrogens with one attached hydrogen (secondary N) is 1. The highest BCUT2D eigenvalue weighted by Crippen LogP contribution is 2.29. The number of sulfonamides is 1. The Morgan fingerprint density at radius 3 is 2.32 bits per heavy atom. The Labute approximate surface area is 161 Å². The first kappa shape index (κ1) is 20.0. The molecule has 9 heteroatoms. The number of hydrogen-bond donors (Lipinski definition) is 1. The zero-order valence-corrected chi connectivity index (χ0v) is 16.3. The summed E-state index contributed by atoms with van der Waals surface area (Å²) in [6, 6.07) is 11.6. The molecule has 1 amide bonds. The molecule has 0 saturated heterocycles. The van der Waals surface area contributed by atoms with E-state index < -0.39 is 15.9 Å². The number of amides is 1. The fourth-order valence-electron chi connectivity index (χ4n) is 2.06. The maximum atomic E-state index is 12.3. The molecular weight excluding hydrogens is 407 g/mol. The van der Waals surface area contributed by atoms with Gasteiger partial charge < -0.3 is 5.32 Å². The second kappa shape index (κ2) is 8.38. The number of hydrogen-bond acceptors (Lipinski definition) is 3. The minimum atomic E-state index is -3.63. The van der Waals surface area contributed by atoms with Gasteiger partial charge in [-0.15, -0.1) is 0 Å². The maximum absolute atomic E-state index is 12.3. The number of carbonyl (C=O) groups is 1. The Morgan fingerprint density at radius 2 is 1.68 bits per heavy atom. The van der Waals surface area contributed by atoms with Crippen LogP contribution < -0.4 is 5.32 Å². The topological polar surface area (TPSA) is 66.5 Å². The lowest BCUT2D eigenvalue weighted by Gasteiger charge is -2.20. The molecule has 25 heavy (non-hydrogen) atoms. The molecule has 2 aromatic rings. The van der Waals surface area contributed by atoms with Gasteiger partial charge in [0.25, 0.3) is 0 Å². The van der Waals surface area contributed by atoms with E-state index in [0.29, 0.717) is 16.3 Å². The Morgan fingerprint density at radius 1 is 1.04 bits per heavy atom. The zero-order chi connectivity index (χ0) is 18.6. The molecule has 5 nitrogen and oxygen atoms in total. The summed E-state index contributed by atoms with van der Waals surface area (Å²) in [6.07, 6.45) is 1.03. The van der Waals surface area contributed by atoms with E-state index in [1.165, 1.54) is 0 Å². The highest BCUT2D eigenvalue weighted by molar-refractivity contribution is 7.88. The van der Waals surface area contributed by atoms with Gasteiger partial charge in [-0.05, 0) is 23.8 Å². The summed E-state index contributed by atoms with van der Waals surface area (Å²) < 4.78 is 25.1. The molecule has 0 aromatic heterocycles. The van der Waals surface area contributed by atoms with Gasteiger partial charge in [0.05, 0.1) is 28.5 Å². The molecule has 0 atom stereocenters. The van der Waals surface area contributed by atoms with Crippen LogP contribution in [0.25, 0.3) is 0 Å². The van der Waals surface area contributed by atoms with E-state index in [1.807, 2.05) is 0 Å². The third-order valence-corrected chi connectivity index (χ3v) is 5.70. The van der Waals surface area contributed by atoms with Gasteiger partial charge in [0.2, 0.25) is 15.9 Å². The summed E-state index contributed by atoms with van der Waals surface area (Å²) in [5.41, 5.74) is 0.911. The molecule has 1 N–H and O–H groups in total. The Kier molecular flexibility index (Phi) is 6.71. The summed E-state index contributed by atoms with van der Waals surface area (Å²) >= 11 is 18.0. The summed E-state index contributed by atoms with van der Waals surface area (Å²) in [5.74, 6) is -0.540. The largest absolute Gasteiger partial charge is 0.324 e. The number of halogens is 3. The molecule has 0 spiro atoms. The van der Waals surface area contributed by atoms with Crippen LogP contribution in [0.15, 0.2) is 42.5 Å². The standard InChI is InChI=1S/C16H15Cl3N2O3S/c1-25(23,24)21(9-11-5-2-3-6-12(11)17)10-15(22)20-14-8-4-7-13(18)16(14)19/h2-8H,9-10H2,1H3,(H,20,22). The van der Waals surface area contributed by atoms with Crippen LogP contribution in [0.4, 0.5) is 5.69 Å². The van der Waals surface area contributed by atoms with Crippen LogP contribution in [0.3, 0.4) is 0 Å². The molecule has 0 saturated carbocycles. The Hall–Kier alpha value is -1.31. The lowest BCUT2D eigenvalue weighted by Crippen LogP contribution is -2.37. The third kappa shape index (κ3) is 5.59. The summed E-state index contributed by atoms with van der Waals surface area (Å²) in [4.78, 5) is 12.3. The normalized spacial score (nSPS) is 11.6. The van der Waals surface area contributed by atoms with E-state index >= 15 is 0 Å². The monoisotopic (exact) mass is 420 g/mol. The van der Waals surface area contributed by atoms with Crippen molar-refractivity contribution >= 4 is 56.4 Å². The van der Waals surface area contributed by atoms with E-state index in [1.54, 1.807) is 42.5 Å². The first-order chi connectivity index (χ1) is 11.7. The molecular formula is C16H15Cl3N2O3S. The quantitative estimate of drug-likeness (QED) is 0.765. The molecule has 0 aliphatic carbocycles. The van der Waals surface area contributed by atoms with E-state index in [4.69, 9.17) is 34.8 Å². The van der Waals surface area contributed by atoms with E-state index in [0.717, 1.165) is 10.6 Å². The minimum absolute atomic E-state index is 0.0186. The number of carbonyl (C=O) groups excluding carboxylic acids is 1. The number of nitrogens with zero attached hydrogens (tertiary/aromatic N) is 1. The number of rotatable bonds is 6. The van der Waals surface area contributed by atoms with Gasteiger partial charge in [0, 0.05) is 11.6 Å². The first-order valence-electron chi connectivity index (χ1n) is 7.11. The molecule has 0 unspecified atom stereocenters. The number of benzene rings is 2. The second-order valence-electron chi connectivity index (χ2n) is 5.27. The summed E-state index contributed by atoms with van der Waals surface area (Å²) in [5, 5.41) is 3.46. The number of anilines is 1. The van der Waals surface area contributed by atoms with Crippen molar-refractivity contribution in [1.29, 1.82) is 0 Å². The lowest BCUT2D eigenvalue weighted by atomic mass is 10.2. The van der Waals surface area contributed by atoms with Crippen LogP contribution >= 0.6 is 34.8 Å². The van der Waals surface area contributed by atoms with Crippen molar-refractivity contribution in [2.75, 3.05) is 18.1 Å². The van der Waals surface area contributed by atoms with Gasteiger partial charge in [-0.3, -0.25) is 4.79 Å². The Balaban J connectivity index is 2.16. The summed E-state index contributed by atoms with van der Waals surface area (Å²) in [6.45, 7) is -0.401. The Bertz CT molecular complexity index is 888. The predicted molar refractivity (Wildman–Crippen MR) is 102 cm³/mol.